The van der Waals surface area contributed by atoms with Crippen molar-refractivity contribution in [2.45, 2.75) is 46.3 Å². The summed E-state index contributed by atoms with van der Waals surface area (Å²) >= 11 is 0. The van der Waals surface area contributed by atoms with Gasteiger partial charge in [-0.2, -0.15) is 10.4 Å². The molecule has 0 aliphatic carbocycles. The quantitative estimate of drug-likeness (QED) is 0.456. The van der Waals surface area contributed by atoms with Crippen LogP contribution >= 0.6 is 0 Å². The summed E-state index contributed by atoms with van der Waals surface area (Å²) in [5.74, 6) is -0.301. The van der Waals surface area contributed by atoms with Crippen LogP contribution < -0.4 is 0 Å². The highest BCUT2D eigenvalue weighted by Gasteiger charge is 2.21. The first kappa shape index (κ1) is 19.6. The van der Waals surface area contributed by atoms with Gasteiger partial charge < -0.3 is 9.14 Å². The average molecular weight is 401 g/mol. The fraction of sp³-hybridized carbons (Fsp3) is 0.304. The normalized spacial score (nSPS) is 11.5. The van der Waals surface area contributed by atoms with E-state index in [-0.39, 0.29) is 18.6 Å². The third-order valence-electron chi connectivity index (χ3n) is 5.12. The maximum atomic E-state index is 13.0. The van der Waals surface area contributed by atoms with Gasteiger partial charge in [0, 0.05) is 29.7 Å². The molecule has 0 unspecified atom stereocenters. The van der Waals surface area contributed by atoms with Crippen molar-refractivity contribution in [1.82, 2.24) is 19.2 Å². The molecule has 0 amide bonds. The molecule has 30 heavy (non-hydrogen) atoms. The first-order chi connectivity index (χ1) is 14.4. The summed E-state index contributed by atoms with van der Waals surface area (Å²) < 4.78 is 9.30. The number of carbonyl (C=O) groups excluding carboxylic acids is 1. The van der Waals surface area contributed by atoms with Crippen molar-refractivity contribution in [2.75, 3.05) is 0 Å². The second kappa shape index (κ2) is 7.64. The maximum absolute atomic E-state index is 13.0. The Morgan fingerprint density at radius 1 is 1.27 bits per heavy atom. The van der Waals surface area contributed by atoms with Crippen molar-refractivity contribution in [3.63, 3.8) is 0 Å². The molecule has 0 fully saturated rings. The average Bonchev–Trinajstić information content (AvgIpc) is 3.32. The highest BCUT2D eigenvalue weighted by atomic mass is 16.5. The van der Waals surface area contributed by atoms with E-state index in [4.69, 9.17) is 9.72 Å². The number of hydrogen-bond donors (Lipinski definition) is 0. The summed E-state index contributed by atoms with van der Waals surface area (Å²) in [7, 11) is 0. The fourth-order valence-corrected chi connectivity index (χ4v) is 3.52. The maximum Gasteiger partial charge on any atom is 0.339 e. The lowest BCUT2D eigenvalue weighted by Gasteiger charge is -2.12. The van der Waals surface area contributed by atoms with Gasteiger partial charge in [-0.25, -0.2) is 14.5 Å². The fourth-order valence-electron chi connectivity index (χ4n) is 3.52. The van der Waals surface area contributed by atoms with E-state index in [1.807, 2.05) is 67.4 Å². The number of pyridine rings is 2. The number of aromatic nitrogens is 4. The Morgan fingerprint density at radius 3 is 2.77 bits per heavy atom. The molecule has 0 N–H and O–H groups in total. The van der Waals surface area contributed by atoms with Crippen molar-refractivity contribution in [3.8, 4) is 6.07 Å². The summed E-state index contributed by atoms with van der Waals surface area (Å²) in [6.45, 7) is 8.13. The van der Waals surface area contributed by atoms with E-state index in [2.05, 4.69) is 11.2 Å². The molecule has 0 saturated heterocycles. The van der Waals surface area contributed by atoms with Gasteiger partial charge in [0.2, 0.25) is 0 Å². The number of rotatable bonds is 5. The third-order valence-corrected chi connectivity index (χ3v) is 5.12. The molecule has 0 aliphatic heterocycles. The predicted molar refractivity (Wildman–Crippen MR) is 113 cm³/mol. The zero-order valence-electron chi connectivity index (χ0n) is 17.5. The van der Waals surface area contributed by atoms with Gasteiger partial charge >= 0.3 is 5.97 Å². The summed E-state index contributed by atoms with van der Waals surface area (Å²) in [6.07, 6.45) is 5.35. The van der Waals surface area contributed by atoms with Crippen LogP contribution in [0.1, 0.15) is 66.8 Å². The zero-order chi connectivity index (χ0) is 21.4. The molecule has 4 heterocycles. The van der Waals surface area contributed by atoms with Crippen molar-refractivity contribution < 1.29 is 9.53 Å². The third kappa shape index (κ3) is 3.30. The van der Waals surface area contributed by atoms with Gasteiger partial charge in [-0.1, -0.05) is 19.9 Å². The van der Waals surface area contributed by atoms with Crippen LogP contribution in [-0.2, 0) is 11.3 Å². The van der Waals surface area contributed by atoms with Gasteiger partial charge in [-0.15, -0.1) is 0 Å². The highest BCUT2D eigenvalue weighted by Crippen LogP contribution is 2.26. The first-order valence-electron chi connectivity index (χ1n) is 9.94. The molecule has 0 spiro atoms. The zero-order valence-corrected chi connectivity index (χ0v) is 17.5. The minimum absolute atomic E-state index is 0.0164. The lowest BCUT2D eigenvalue weighted by molar-refractivity contribution is 0.0474. The number of esters is 1. The van der Waals surface area contributed by atoms with Gasteiger partial charge in [0.25, 0.3) is 0 Å². The van der Waals surface area contributed by atoms with Crippen molar-refractivity contribution in [1.29, 1.82) is 5.26 Å². The Kier molecular flexibility index (Phi) is 5.00. The van der Waals surface area contributed by atoms with E-state index < -0.39 is 5.97 Å². The van der Waals surface area contributed by atoms with Crippen LogP contribution in [0.25, 0.3) is 16.6 Å². The molecule has 4 aromatic heterocycles. The number of nitriles is 1. The van der Waals surface area contributed by atoms with E-state index in [0.29, 0.717) is 27.7 Å². The molecule has 0 aliphatic rings. The second-order valence-electron chi connectivity index (χ2n) is 7.88. The Morgan fingerprint density at radius 2 is 2.07 bits per heavy atom. The summed E-state index contributed by atoms with van der Waals surface area (Å²) in [6, 6.07) is 9.74. The molecule has 0 radical (unpaired) electrons. The monoisotopic (exact) mass is 401 g/mol. The van der Waals surface area contributed by atoms with Gasteiger partial charge in [0.1, 0.15) is 12.7 Å². The molecule has 4 rings (SSSR count). The Labute approximate surface area is 174 Å². The van der Waals surface area contributed by atoms with Crippen molar-refractivity contribution >= 4 is 22.5 Å². The Hall–Kier alpha value is -3.66. The van der Waals surface area contributed by atoms with E-state index in [1.165, 1.54) is 0 Å². The van der Waals surface area contributed by atoms with Crippen LogP contribution in [0.3, 0.4) is 0 Å². The molecule has 4 aromatic rings. The predicted octanol–water partition coefficient (Wildman–Crippen LogP) is 4.62. The van der Waals surface area contributed by atoms with Crippen LogP contribution in [0.5, 0.6) is 0 Å². The minimum Gasteiger partial charge on any atom is -0.457 e. The van der Waals surface area contributed by atoms with Crippen LogP contribution in [0.4, 0.5) is 0 Å². The van der Waals surface area contributed by atoms with Gasteiger partial charge in [-0.05, 0) is 38.0 Å². The number of nitrogens with zero attached hydrogens (tertiary/aromatic N) is 5. The lowest BCUT2D eigenvalue weighted by Crippen LogP contribution is -2.10. The Balaban J connectivity index is 1.69. The molecule has 0 atom stereocenters. The molecular weight excluding hydrogens is 378 g/mol. The van der Waals surface area contributed by atoms with Crippen LogP contribution in [0.2, 0.25) is 0 Å². The number of fused-ring (bicyclic) bond motifs is 2. The van der Waals surface area contributed by atoms with Crippen LogP contribution in [0.15, 0.2) is 42.9 Å². The second-order valence-corrected chi connectivity index (χ2v) is 7.88. The van der Waals surface area contributed by atoms with E-state index in [0.717, 1.165) is 11.2 Å². The molecule has 0 bridgehead atoms. The Bertz CT molecular complexity index is 1290. The summed E-state index contributed by atoms with van der Waals surface area (Å²) in [5, 5.41) is 14.6. The molecular formula is C23H23N5O2. The first-order valence-corrected chi connectivity index (χ1v) is 9.94. The van der Waals surface area contributed by atoms with E-state index >= 15 is 0 Å². The van der Waals surface area contributed by atoms with Gasteiger partial charge in [0.15, 0.2) is 5.65 Å². The molecule has 0 saturated carbocycles. The van der Waals surface area contributed by atoms with Crippen molar-refractivity contribution in [3.05, 3.63) is 65.2 Å². The smallest absolute Gasteiger partial charge is 0.339 e. The largest absolute Gasteiger partial charge is 0.457 e. The van der Waals surface area contributed by atoms with Crippen molar-refractivity contribution in [2.24, 2.45) is 0 Å². The summed E-state index contributed by atoms with van der Waals surface area (Å²) in [4.78, 5) is 17.7. The topological polar surface area (TPSA) is 85.2 Å². The lowest BCUT2D eigenvalue weighted by atomic mass is 10.1. The SMILES string of the molecule is CC(C)c1cc(C(=O)OCc2cn3ccccc3c2C#N)c2cnn(C(C)C)c2n1. The number of carbonyl (C=O) groups is 1. The minimum atomic E-state index is -0.452. The summed E-state index contributed by atoms with van der Waals surface area (Å²) in [5.41, 5.74) is 3.90. The van der Waals surface area contributed by atoms with Gasteiger partial charge in [0.05, 0.1) is 28.2 Å². The standard InChI is InChI=1S/C23H23N5O2/c1-14(2)20-9-17(19-11-25-28(15(3)4)22(19)26-20)23(29)30-13-16-12-27-8-6-5-7-21(27)18(16)10-24/h5-9,11-12,14-15H,13H2,1-4H3. The van der Waals surface area contributed by atoms with Crippen LogP contribution in [-0.4, -0.2) is 25.1 Å². The molecule has 7 nitrogen and oxygen atoms in total. The molecule has 0 aromatic carbocycles. The van der Waals surface area contributed by atoms with Gasteiger partial charge in [-0.3, -0.25) is 0 Å². The molecule has 7 heteroatoms. The molecule has 152 valence electrons. The highest BCUT2D eigenvalue weighted by molar-refractivity contribution is 6.02. The number of hydrogen-bond acceptors (Lipinski definition) is 5. The van der Waals surface area contributed by atoms with E-state index in [1.54, 1.807) is 12.3 Å². The van der Waals surface area contributed by atoms with Crippen LogP contribution in [0, 0.1) is 11.3 Å². The number of ether oxygens (including phenoxy) is 1. The van der Waals surface area contributed by atoms with E-state index in [9.17, 15) is 10.1 Å².